The fourth-order valence-corrected chi connectivity index (χ4v) is 4.22. The zero-order chi connectivity index (χ0) is 22.1. The van der Waals surface area contributed by atoms with Gasteiger partial charge in [0.2, 0.25) is 23.2 Å². The van der Waals surface area contributed by atoms with Gasteiger partial charge in [-0.2, -0.15) is 4.98 Å². The van der Waals surface area contributed by atoms with E-state index in [9.17, 15) is 4.79 Å². The number of ether oxygens (including phenoxy) is 3. The number of aromatic nitrogens is 3. The molecule has 0 saturated heterocycles. The predicted octanol–water partition coefficient (Wildman–Crippen LogP) is 4.48. The summed E-state index contributed by atoms with van der Waals surface area (Å²) in [5, 5.41) is 8.97. The number of carbonyl (C=O) groups is 1. The second kappa shape index (κ2) is 8.72. The summed E-state index contributed by atoms with van der Waals surface area (Å²) < 4.78 is 17.9. The minimum absolute atomic E-state index is 0.204. The summed E-state index contributed by atoms with van der Waals surface area (Å²) >= 11 is 4.95. The number of nitrogens with zero attached hydrogens (tertiary/aromatic N) is 4. The minimum atomic E-state index is -0.833. The van der Waals surface area contributed by atoms with Gasteiger partial charge >= 0.3 is 0 Å². The van der Waals surface area contributed by atoms with Gasteiger partial charge in [-0.1, -0.05) is 45.9 Å². The number of benzene rings is 2. The first-order valence-corrected chi connectivity index (χ1v) is 11.3. The van der Waals surface area contributed by atoms with Gasteiger partial charge in [-0.25, -0.2) is 0 Å². The van der Waals surface area contributed by atoms with Crippen LogP contribution in [0, 0.1) is 0 Å². The first-order chi connectivity index (χ1) is 15.0. The Balaban J connectivity index is 1.99. The van der Waals surface area contributed by atoms with Crippen molar-refractivity contribution in [3.63, 3.8) is 0 Å². The summed E-state index contributed by atoms with van der Waals surface area (Å²) in [6.45, 7) is 1.49. The van der Waals surface area contributed by atoms with E-state index in [1.165, 1.54) is 18.7 Å². The lowest BCUT2D eigenvalue weighted by molar-refractivity contribution is -0.118. The molecule has 1 atom stereocenters. The molecule has 0 spiro atoms. The number of fused-ring (bicyclic) bond motifs is 3. The molecular weight excluding hydrogens is 484 g/mol. The van der Waals surface area contributed by atoms with Crippen LogP contribution in [0.3, 0.4) is 0 Å². The molecule has 8 nitrogen and oxygen atoms in total. The molecule has 0 radical (unpaired) electrons. The SMILES string of the molecule is COc1cc(Br)c(C2Oc3nc(SC)nnc3-c3ccccc3N2C(C)=O)cc1OC. The molecule has 10 heteroatoms. The highest BCUT2D eigenvalue weighted by atomic mass is 79.9. The topological polar surface area (TPSA) is 86.7 Å². The summed E-state index contributed by atoms with van der Waals surface area (Å²) in [5.41, 5.74) is 2.49. The van der Waals surface area contributed by atoms with Crippen LogP contribution in [-0.4, -0.2) is 41.6 Å². The van der Waals surface area contributed by atoms with Gasteiger partial charge in [-0.05, 0) is 24.5 Å². The van der Waals surface area contributed by atoms with Crippen molar-refractivity contribution >= 4 is 39.3 Å². The van der Waals surface area contributed by atoms with Crippen molar-refractivity contribution in [2.45, 2.75) is 18.3 Å². The van der Waals surface area contributed by atoms with Crippen LogP contribution in [0.25, 0.3) is 11.3 Å². The van der Waals surface area contributed by atoms with Crippen molar-refractivity contribution in [1.29, 1.82) is 0 Å². The molecule has 1 amide bonds. The number of hydrogen-bond donors (Lipinski definition) is 0. The van der Waals surface area contributed by atoms with Gasteiger partial charge in [0.15, 0.2) is 17.2 Å². The van der Waals surface area contributed by atoms with Crippen molar-refractivity contribution < 1.29 is 19.0 Å². The average Bonchev–Trinajstić information content (AvgIpc) is 2.92. The van der Waals surface area contributed by atoms with Gasteiger partial charge in [0, 0.05) is 22.5 Å². The second-order valence-electron chi connectivity index (χ2n) is 6.56. The third-order valence-electron chi connectivity index (χ3n) is 4.80. The van der Waals surface area contributed by atoms with Crippen LogP contribution >= 0.6 is 27.7 Å². The average molecular weight is 503 g/mol. The van der Waals surface area contributed by atoms with Crippen LogP contribution in [0.2, 0.25) is 0 Å². The molecule has 1 aromatic heterocycles. The highest BCUT2D eigenvalue weighted by molar-refractivity contribution is 9.10. The molecule has 160 valence electrons. The van der Waals surface area contributed by atoms with E-state index in [-0.39, 0.29) is 5.91 Å². The molecule has 0 N–H and O–H groups in total. The summed E-state index contributed by atoms with van der Waals surface area (Å²) in [5.74, 6) is 1.15. The molecule has 3 aromatic rings. The number of methoxy groups -OCH3 is 2. The van der Waals surface area contributed by atoms with Crippen molar-refractivity contribution in [2.75, 3.05) is 25.4 Å². The van der Waals surface area contributed by atoms with Crippen molar-refractivity contribution in [2.24, 2.45) is 0 Å². The van der Waals surface area contributed by atoms with Crippen molar-refractivity contribution in [3.8, 4) is 28.6 Å². The summed E-state index contributed by atoms with van der Waals surface area (Å²) in [6.07, 6.45) is 1.03. The maximum Gasteiger partial charge on any atom is 0.247 e. The van der Waals surface area contributed by atoms with Crippen LogP contribution in [-0.2, 0) is 4.79 Å². The van der Waals surface area contributed by atoms with Gasteiger partial charge in [-0.15, -0.1) is 10.2 Å². The lowest BCUT2D eigenvalue weighted by atomic mass is 10.1. The molecule has 2 aromatic carbocycles. The maximum atomic E-state index is 12.9. The second-order valence-corrected chi connectivity index (χ2v) is 8.19. The standard InChI is InChI=1S/C21H19BrN4O4S/c1-11(27)26-15-8-6-5-7-12(15)18-19(23-21(31-4)25-24-18)30-20(26)13-9-16(28-2)17(29-3)10-14(13)22/h5-10,20H,1-4H3. The van der Waals surface area contributed by atoms with Crippen LogP contribution in [0.15, 0.2) is 46.0 Å². The first kappa shape index (κ1) is 21.4. The number of halogens is 1. The Morgan fingerprint density at radius 1 is 1.16 bits per heavy atom. The smallest absolute Gasteiger partial charge is 0.247 e. The van der Waals surface area contributed by atoms with E-state index in [1.54, 1.807) is 31.3 Å². The van der Waals surface area contributed by atoms with Crippen molar-refractivity contribution in [3.05, 3.63) is 46.4 Å². The molecule has 1 unspecified atom stereocenters. The normalized spacial score (nSPS) is 14.7. The molecule has 2 heterocycles. The Kier molecular flexibility index (Phi) is 6.01. The lowest BCUT2D eigenvalue weighted by Crippen LogP contribution is -2.36. The molecule has 0 bridgehead atoms. The Morgan fingerprint density at radius 2 is 1.87 bits per heavy atom. The third kappa shape index (κ3) is 3.81. The highest BCUT2D eigenvalue weighted by Crippen LogP contribution is 2.46. The monoisotopic (exact) mass is 502 g/mol. The highest BCUT2D eigenvalue weighted by Gasteiger charge is 2.36. The number of anilines is 1. The molecule has 0 fully saturated rings. The van der Waals surface area contributed by atoms with E-state index in [0.717, 1.165) is 0 Å². The molecule has 31 heavy (non-hydrogen) atoms. The van der Waals surface area contributed by atoms with E-state index in [0.29, 0.717) is 49.5 Å². The van der Waals surface area contributed by atoms with E-state index < -0.39 is 6.23 Å². The van der Waals surface area contributed by atoms with Gasteiger partial charge in [0.1, 0.15) is 0 Å². The number of carbonyl (C=O) groups excluding carboxylic acids is 1. The Labute approximate surface area is 192 Å². The summed E-state index contributed by atoms with van der Waals surface area (Å²) in [4.78, 5) is 19.0. The molecule has 1 aliphatic rings. The predicted molar refractivity (Wildman–Crippen MR) is 121 cm³/mol. The minimum Gasteiger partial charge on any atom is -0.493 e. The van der Waals surface area contributed by atoms with E-state index in [1.807, 2.05) is 30.5 Å². The maximum absolute atomic E-state index is 12.9. The molecular formula is C21H19BrN4O4S. The Morgan fingerprint density at radius 3 is 2.55 bits per heavy atom. The van der Waals surface area contributed by atoms with Gasteiger partial charge < -0.3 is 14.2 Å². The largest absolute Gasteiger partial charge is 0.493 e. The van der Waals surface area contributed by atoms with Gasteiger partial charge in [0.05, 0.1) is 19.9 Å². The summed E-state index contributed by atoms with van der Waals surface area (Å²) in [6, 6.07) is 11.0. The van der Waals surface area contributed by atoms with E-state index in [2.05, 4.69) is 31.1 Å². The molecule has 1 aliphatic heterocycles. The van der Waals surface area contributed by atoms with Crippen LogP contribution < -0.4 is 19.1 Å². The van der Waals surface area contributed by atoms with E-state index >= 15 is 0 Å². The van der Waals surface area contributed by atoms with Crippen molar-refractivity contribution in [1.82, 2.24) is 15.2 Å². The lowest BCUT2D eigenvalue weighted by Gasteiger charge is -2.30. The number of amides is 1. The molecule has 0 aliphatic carbocycles. The van der Waals surface area contributed by atoms with Gasteiger partial charge in [0.25, 0.3) is 0 Å². The number of hydrogen-bond acceptors (Lipinski definition) is 8. The number of rotatable bonds is 4. The number of thioether (sulfide) groups is 1. The fourth-order valence-electron chi connectivity index (χ4n) is 3.40. The first-order valence-electron chi connectivity index (χ1n) is 9.24. The molecule has 4 rings (SSSR count). The van der Waals surface area contributed by atoms with Gasteiger partial charge in [-0.3, -0.25) is 9.69 Å². The zero-order valence-corrected chi connectivity index (χ0v) is 19.7. The fraction of sp³-hybridized carbons (Fsp3) is 0.238. The quantitative estimate of drug-likeness (QED) is 0.482. The summed E-state index contributed by atoms with van der Waals surface area (Å²) in [7, 11) is 3.12. The zero-order valence-electron chi connectivity index (χ0n) is 17.2. The number of para-hydroxylation sites is 1. The Bertz CT molecular complexity index is 1160. The third-order valence-corrected chi connectivity index (χ3v) is 6.03. The van der Waals surface area contributed by atoms with Crippen LogP contribution in [0.1, 0.15) is 18.7 Å². The van der Waals surface area contributed by atoms with Crippen LogP contribution in [0.4, 0.5) is 5.69 Å². The van der Waals surface area contributed by atoms with E-state index in [4.69, 9.17) is 14.2 Å². The van der Waals surface area contributed by atoms with Crippen LogP contribution in [0.5, 0.6) is 17.4 Å². The Hall–Kier alpha value is -2.85. The molecule has 0 saturated carbocycles.